The molecule has 1 heterocycles. The van der Waals surface area contributed by atoms with Crippen LogP contribution in [0.15, 0.2) is 0 Å². The highest BCUT2D eigenvalue weighted by Crippen LogP contribution is 2.21. The van der Waals surface area contributed by atoms with Crippen molar-refractivity contribution in [3.8, 4) is 0 Å². The molecule has 0 aromatic carbocycles. The van der Waals surface area contributed by atoms with E-state index in [9.17, 15) is 4.79 Å². The molecule has 0 aromatic rings. The minimum absolute atomic E-state index is 0.0284. The van der Waals surface area contributed by atoms with Crippen LogP contribution in [-0.4, -0.2) is 42.8 Å². The van der Waals surface area contributed by atoms with Gasteiger partial charge in [-0.2, -0.15) is 0 Å². The van der Waals surface area contributed by atoms with E-state index in [1.807, 2.05) is 18.7 Å². The molecule has 0 bridgehead atoms. The quantitative estimate of drug-likeness (QED) is 0.769. The highest BCUT2D eigenvalue weighted by molar-refractivity contribution is 5.84. The highest BCUT2D eigenvalue weighted by Gasteiger charge is 2.40. The summed E-state index contributed by atoms with van der Waals surface area (Å²) in [6.07, 6.45) is 1.12. The molecule has 94 valence electrons. The summed E-state index contributed by atoms with van der Waals surface area (Å²) in [6, 6.07) is 0.105. The van der Waals surface area contributed by atoms with Gasteiger partial charge in [-0.25, -0.2) is 0 Å². The van der Waals surface area contributed by atoms with E-state index >= 15 is 0 Å². The Kier molecular flexibility index (Phi) is 4.74. The van der Waals surface area contributed by atoms with Gasteiger partial charge in [0.15, 0.2) is 0 Å². The zero-order valence-electron chi connectivity index (χ0n) is 11.0. The molecule has 0 spiro atoms. The van der Waals surface area contributed by atoms with E-state index < -0.39 is 0 Å². The molecule has 1 fully saturated rings. The fraction of sp³-hybridized carbons (Fsp3) is 0.917. The molecule has 0 saturated carbocycles. The maximum atomic E-state index is 12.2. The molecule has 1 aliphatic rings. The zero-order valence-corrected chi connectivity index (χ0v) is 11.0. The standard InChI is InChI=1S/C12H24N2O2/c1-6-8(2)11-12(15)14(10(4)13-11)9(3)7-16-5/h8-11,13H,6-7H2,1-5H3. The number of carbonyl (C=O) groups excluding carboxylic acids is 1. The second-order valence-electron chi connectivity index (χ2n) is 4.76. The van der Waals surface area contributed by atoms with Crippen molar-refractivity contribution in [2.24, 2.45) is 5.92 Å². The van der Waals surface area contributed by atoms with Gasteiger partial charge >= 0.3 is 0 Å². The van der Waals surface area contributed by atoms with Gasteiger partial charge in [0.1, 0.15) is 0 Å². The number of nitrogens with one attached hydrogen (secondary N) is 1. The van der Waals surface area contributed by atoms with Gasteiger partial charge in [-0.3, -0.25) is 10.1 Å². The van der Waals surface area contributed by atoms with E-state index in [-0.39, 0.29) is 24.2 Å². The second-order valence-corrected chi connectivity index (χ2v) is 4.76. The Morgan fingerprint density at radius 1 is 1.50 bits per heavy atom. The van der Waals surface area contributed by atoms with Crippen molar-refractivity contribution in [3.05, 3.63) is 0 Å². The third-order valence-electron chi connectivity index (χ3n) is 3.45. The fourth-order valence-corrected chi connectivity index (χ4v) is 2.33. The molecule has 4 unspecified atom stereocenters. The van der Waals surface area contributed by atoms with Gasteiger partial charge in [0.2, 0.25) is 5.91 Å². The number of rotatable bonds is 5. The van der Waals surface area contributed by atoms with Gasteiger partial charge in [-0.1, -0.05) is 20.3 Å². The maximum Gasteiger partial charge on any atom is 0.241 e. The number of hydrogen-bond acceptors (Lipinski definition) is 3. The minimum Gasteiger partial charge on any atom is -0.383 e. The molecule has 1 rings (SSSR count). The summed E-state index contributed by atoms with van der Waals surface area (Å²) in [5, 5.41) is 3.36. The van der Waals surface area contributed by atoms with Gasteiger partial charge in [-0.15, -0.1) is 0 Å². The first kappa shape index (κ1) is 13.5. The highest BCUT2D eigenvalue weighted by atomic mass is 16.5. The Bertz CT molecular complexity index is 245. The third kappa shape index (κ3) is 2.55. The van der Waals surface area contributed by atoms with E-state index in [0.717, 1.165) is 6.42 Å². The third-order valence-corrected chi connectivity index (χ3v) is 3.45. The lowest BCUT2D eigenvalue weighted by atomic mass is 9.99. The average Bonchev–Trinajstić information content (AvgIpc) is 2.53. The van der Waals surface area contributed by atoms with Crippen molar-refractivity contribution in [1.82, 2.24) is 10.2 Å². The van der Waals surface area contributed by atoms with Crippen LogP contribution in [0.3, 0.4) is 0 Å². The van der Waals surface area contributed by atoms with Crippen LogP contribution in [0, 0.1) is 5.92 Å². The molecular weight excluding hydrogens is 204 g/mol. The SMILES string of the molecule is CCC(C)C1NC(C)N(C(C)COC)C1=O. The Labute approximate surface area is 98.3 Å². The number of ether oxygens (including phenoxy) is 1. The molecule has 0 radical (unpaired) electrons. The lowest BCUT2D eigenvalue weighted by Gasteiger charge is -2.27. The Balaban J connectivity index is 2.70. The zero-order chi connectivity index (χ0) is 12.3. The molecular formula is C12H24N2O2. The summed E-state index contributed by atoms with van der Waals surface area (Å²) in [5.74, 6) is 0.598. The number of hydrogen-bond donors (Lipinski definition) is 1. The van der Waals surface area contributed by atoms with Crippen LogP contribution in [0.4, 0.5) is 0 Å². The first-order chi connectivity index (χ1) is 7.52. The number of nitrogens with zero attached hydrogens (tertiary/aromatic N) is 1. The van der Waals surface area contributed by atoms with Crippen LogP contribution < -0.4 is 5.32 Å². The van der Waals surface area contributed by atoms with E-state index in [4.69, 9.17) is 4.74 Å². The maximum absolute atomic E-state index is 12.2. The van der Waals surface area contributed by atoms with Gasteiger partial charge in [-0.05, 0) is 19.8 Å². The topological polar surface area (TPSA) is 41.6 Å². The van der Waals surface area contributed by atoms with E-state index in [2.05, 4.69) is 19.2 Å². The Hall–Kier alpha value is -0.610. The summed E-state index contributed by atoms with van der Waals surface area (Å²) in [4.78, 5) is 14.1. The predicted octanol–water partition coefficient (Wildman–Crippen LogP) is 1.21. The Morgan fingerprint density at radius 3 is 2.62 bits per heavy atom. The Morgan fingerprint density at radius 2 is 2.12 bits per heavy atom. The molecule has 0 aliphatic carbocycles. The summed E-state index contributed by atoms with van der Waals surface area (Å²) in [7, 11) is 1.67. The second kappa shape index (κ2) is 5.64. The fourth-order valence-electron chi connectivity index (χ4n) is 2.33. The van der Waals surface area contributed by atoms with Crippen molar-refractivity contribution >= 4 is 5.91 Å². The average molecular weight is 228 g/mol. The van der Waals surface area contributed by atoms with Crippen LogP contribution in [0.5, 0.6) is 0 Å². The first-order valence-electron chi connectivity index (χ1n) is 6.10. The van der Waals surface area contributed by atoms with Gasteiger partial charge < -0.3 is 9.64 Å². The summed E-state index contributed by atoms with van der Waals surface area (Å²) < 4.78 is 5.11. The number of methoxy groups -OCH3 is 1. The predicted molar refractivity (Wildman–Crippen MR) is 64.0 cm³/mol. The van der Waals surface area contributed by atoms with Crippen LogP contribution in [0.1, 0.15) is 34.1 Å². The van der Waals surface area contributed by atoms with Crippen LogP contribution in [0.25, 0.3) is 0 Å². The molecule has 1 aliphatic heterocycles. The molecule has 4 nitrogen and oxygen atoms in total. The minimum atomic E-state index is -0.0284. The van der Waals surface area contributed by atoms with Gasteiger partial charge in [0.05, 0.1) is 24.9 Å². The first-order valence-corrected chi connectivity index (χ1v) is 6.10. The monoisotopic (exact) mass is 228 g/mol. The molecule has 1 N–H and O–H groups in total. The van der Waals surface area contributed by atoms with Crippen LogP contribution >= 0.6 is 0 Å². The molecule has 16 heavy (non-hydrogen) atoms. The van der Waals surface area contributed by atoms with Crippen molar-refractivity contribution in [2.75, 3.05) is 13.7 Å². The number of amides is 1. The molecule has 4 heteroatoms. The molecule has 1 amide bonds. The summed E-state index contributed by atoms with van der Waals surface area (Å²) in [5.41, 5.74) is 0. The van der Waals surface area contributed by atoms with E-state index in [1.54, 1.807) is 7.11 Å². The largest absolute Gasteiger partial charge is 0.383 e. The van der Waals surface area contributed by atoms with E-state index in [1.165, 1.54) is 0 Å². The van der Waals surface area contributed by atoms with Gasteiger partial charge in [0.25, 0.3) is 0 Å². The molecule has 1 saturated heterocycles. The number of carbonyl (C=O) groups is 1. The smallest absolute Gasteiger partial charge is 0.241 e. The van der Waals surface area contributed by atoms with Crippen LogP contribution in [0.2, 0.25) is 0 Å². The molecule has 4 atom stereocenters. The van der Waals surface area contributed by atoms with E-state index in [0.29, 0.717) is 12.5 Å². The lowest BCUT2D eigenvalue weighted by molar-refractivity contribution is -0.133. The normalized spacial score (nSPS) is 29.6. The molecule has 0 aromatic heterocycles. The summed E-state index contributed by atoms with van der Waals surface area (Å²) >= 11 is 0. The van der Waals surface area contributed by atoms with Crippen LogP contribution in [-0.2, 0) is 9.53 Å². The van der Waals surface area contributed by atoms with Crippen molar-refractivity contribution in [1.29, 1.82) is 0 Å². The van der Waals surface area contributed by atoms with Gasteiger partial charge in [0, 0.05) is 7.11 Å². The van der Waals surface area contributed by atoms with Crippen molar-refractivity contribution in [3.63, 3.8) is 0 Å². The summed E-state index contributed by atoms with van der Waals surface area (Å²) in [6.45, 7) is 8.88. The van der Waals surface area contributed by atoms with Crippen molar-refractivity contribution < 1.29 is 9.53 Å². The lowest BCUT2D eigenvalue weighted by Crippen LogP contribution is -2.43. The van der Waals surface area contributed by atoms with Crippen molar-refractivity contribution in [2.45, 2.75) is 52.4 Å².